The molecule has 0 amide bonds. The monoisotopic (exact) mass is 377 g/mol. The molecule has 0 unspecified atom stereocenters. The fourth-order valence-corrected chi connectivity index (χ4v) is 3.10. The molecule has 0 bridgehead atoms. The Kier molecular flexibility index (Phi) is 4.82. The maximum atomic E-state index is 13.7. The molecule has 0 saturated heterocycles. The Hall–Kier alpha value is -2.68. The first-order valence-electron chi connectivity index (χ1n) is 7.98. The molecule has 0 saturated carbocycles. The lowest BCUT2D eigenvalue weighted by atomic mass is 10.1. The number of rotatable bonds is 5. The minimum absolute atomic E-state index is 0.105. The summed E-state index contributed by atoms with van der Waals surface area (Å²) >= 11 is 5.17. The third-order valence-electron chi connectivity index (χ3n) is 4.07. The molecule has 0 aliphatic carbocycles. The quantitative estimate of drug-likeness (QED) is 0.543. The van der Waals surface area contributed by atoms with Gasteiger partial charge >= 0.3 is 0 Å². The minimum atomic E-state index is -2.84. The number of pyridine rings is 1. The van der Waals surface area contributed by atoms with E-state index in [-0.39, 0.29) is 27.9 Å². The number of hydrogen-bond acceptors (Lipinski definition) is 4. The van der Waals surface area contributed by atoms with Crippen molar-refractivity contribution in [3.05, 3.63) is 51.3 Å². The molecule has 3 rings (SSSR count). The number of halogens is 2. The molecule has 3 heterocycles. The number of aromatic amines is 1. The van der Waals surface area contributed by atoms with E-state index in [9.17, 15) is 13.6 Å². The lowest BCUT2D eigenvalue weighted by molar-refractivity contribution is 0.153. The Morgan fingerprint density at radius 2 is 2.19 bits per heavy atom. The zero-order valence-electron chi connectivity index (χ0n) is 14.3. The van der Waals surface area contributed by atoms with Crippen LogP contribution in [0.1, 0.15) is 24.6 Å². The number of nitrogens with zero attached hydrogens (tertiary/aromatic N) is 4. The highest BCUT2D eigenvalue weighted by Crippen LogP contribution is 2.30. The molecular formula is C17H17F2N5OS. The molecule has 6 nitrogen and oxygen atoms in total. The van der Waals surface area contributed by atoms with Crippen LogP contribution in [0.25, 0.3) is 22.3 Å². The summed E-state index contributed by atoms with van der Waals surface area (Å²) in [6.45, 7) is 8.23. The molecule has 0 aliphatic heterocycles. The average molecular weight is 377 g/mol. The predicted octanol–water partition coefficient (Wildman–Crippen LogP) is 3.77. The molecule has 0 aromatic carbocycles. The van der Waals surface area contributed by atoms with Crippen LogP contribution in [0, 0.1) is 11.7 Å². The van der Waals surface area contributed by atoms with Gasteiger partial charge in [0.2, 0.25) is 0 Å². The van der Waals surface area contributed by atoms with Gasteiger partial charge in [0.25, 0.3) is 12.0 Å². The Labute approximate surface area is 152 Å². The normalized spacial score (nSPS) is 11.4. The number of hydrogen-bond donors (Lipinski definition) is 1. The predicted molar refractivity (Wildman–Crippen MR) is 98.0 cm³/mol. The standard InChI is InChI=1S/C17H17F2N5OS/c1-4-6-24-15-13(16(25)21-17(24)26)10(14(18)19)7-12(20-15)11-8-23(5-2)22-9(11)3/h4,7-8,14H,1,5-6H2,2-3H3,(H,21,25,26). The maximum absolute atomic E-state index is 13.7. The SMILES string of the molecule is C=CCn1c(=S)[nH]c(=O)c2c(C(F)F)cc(-c3cn(CC)nc3C)nc21. The summed E-state index contributed by atoms with van der Waals surface area (Å²) in [4.78, 5) is 19.2. The molecule has 136 valence electrons. The van der Waals surface area contributed by atoms with Gasteiger partial charge in [-0.2, -0.15) is 5.10 Å². The molecule has 3 aromatic heterocycles. The van der Waals surface area contributed by atoms with Gasteiger partial charge in [-0.3, -0.25) is 19.0 Å². The van der Waals surface area contributed by atoms with E-state index in [1.807, 2.05) is 6.92 Å². The van der Waals surface area contributed by atoms with Crippen molar-refractivity contribution in [1.82, 2.24) is 24.3 Å². The van der Waals surface area contributed by atoms with Crippen LogP contribution < -0.4 is 5.56 Å². The lowest BCUT2D eigenvalue weighted by Gasteiger charge is -2.13. The van der Waals surface area contributed by atoms with Crippen LogP contribution in [0.15, 0.2) is 29.7 Å². The molecule has 0 aliphatic rings. The number of alkyl halides is 2. The number of nitrogens with one attached hydrogen (secondary N) is 1. The molecule has 9 heteroatoms. The minimum Gasteiger partial charge on any atom is -0.299 e. The Balaban J connectivity index is 2.45. The molecule has 3 aromatic rings. The Morgan fingerprint density at radius 3 is 2.77 bits per heavy atom. The molecule has 26 heavy (non-hydrogen) atoms. The van der Waals surface area contributed by atoms with Gasteiger partial charge in [-0.25, -0.2) is 13.8 Å². The van der Waals surface area contributed by atoms with Crippen molar-refractivity contribution in [2.75, 3.05) is 0 Å². The number of allylic oxidation sites excluding steroid dienone is 1. The summed E-state index contributed by atoms with van der Waals surface area (Å²) < 4.78 is 30.7. The lowest BCUT2D eigenvalue weighted by Crippen LogP contribution is -2.17. The first-order valence-corrected chi connectivity index (χ1v) is 8.39. The van der Waals surface area contributed by atoms with Gasteiger partial charge in [-0.1, -0.05) is 6.08 Å². The zero-order chi connectivity index (χ0) is 19.0. The molecule has 0 atom stereocenters. The zero-order valence-corrected chi connectivity index (χ0v) is 15.1. The van der Waals surface area contributed by atoms with Crippen LogP contribution in [-0.4, -0.2) is 24.3 Å². The fourth-order valence-electron chi connectivity index (χ4n) is 2.84. The Bertz CT molecular complexity index is 1110. The van der Waals surface area contributed by atoms with Gasteiger partial charge in [-0.15, -0.1) is 6.58 Å². The topological polar surface area (TPSA) is 68.5 Å². The van der Waals surface area contributed by atoms with Gasteiger partial charge in [0.15, 0.2) is 4.77 Å². The van der Waals surface area contributed by atoms with E-state index in [0.717, 1.165) is 0 Å². The highest BCUT2D eigenvalue weighted by Gasteiger charge is 2.21. The van der Waals surface area contributed by atoms with E-state index in [1.165, 1.54) is 10.6 Å². The third kappa shape index (κ3) is 2.98. The van der Waals surface area contributed by atoms with Crippen LogP contribution in [0.4, 0.5) is 8.78 Å². The maximum Gasteiger partial charge on any atom is 0.264 e. The second kappa shape index (κ2) is 6.91. The van der Waals surface area contributed by atoms with Crippen LogP contribution in [0.2, 0.25) is 0 Å². The summed E-state index contributed by atoms with van der Waals surface area (Å²) in [5.41, 5.74) is 0.658. The summed E-state index contributed by atoms with van der Waals surface area (Å²) in [6.07, 6.45) is 0.470. The molecule has 1 N–H and O–H groups in total. The van der Waals surface area contributed by atoms with Crippen molar-refractivity contribution in [3.8, 4) is 11.3 Å². The second-order valence-electron chi connectivity index (χ2n) is 5.74. The van der Waals surface area contributed by atoms with Gasteiger partial charge in [0.1, 0.15) is 5.65 Å². The number of H-pyrrole nitrogens is 1. The van der Waals surface area contributed by atoms with Crippen LogP contribution in [0.5, 0.6) is 0 Å². The molecular weight excluding hydrogens is 360 g/mol. The van der Waals surface area contributed by atoms with Crippen molar-refractivity contribution in [3.63, 3.8) is 0 Å². The van der Waals surface area contributed by atoms with Gasteiger partial charge < -0.3 is 0 Å². The van der Waals surface area contributed by atoms with Gasteiger partial charge in [-0.05, 0) is 32.1 Å². The van der Waals surface area contributed by atoms with Crippen molar-refractivity contribution >= 4 is 23.3 Å². The summed E-state index contributed by atoms with van der Waals surface area (Å²) in [6, 6.07) is 1.24. The van der Waals surface area contributed by atoms with Crippen molar-refractivity contribution in [2.45, 2.75) is 33.4 Å². The van der Waals surface area contributed by atoms with E-state index in [4.69, 9.17) is 12.2 Å². The van der Waals surface area contributed by atoms with E-state index < -0.39 is 12.0 Å². The van der Waals surface area contributed by atoms with Gasteiger partial charge in [0, 0.05) is 30.4 Å². The summed E-state index contributed by atoms with van der Waals surface area (Å²) in [5, 5.41) is 4.16. The molecule has 0 fully saturated rings. The second-order valence-corrected chi connectivity index (χ2v) is 6.13. The number of aryl methyl sites for hydroxylation is 2. The summed E-state index contributed by atoms with van der Waals surface area (Å²) in [7, 11) is 0. The van der Waals surface area contributed by atoms with Crippen molar-refractivity contribution in [1.29, 1.82) is 0 Å². The smallest absolute Gasteiger partial charge is 0.264 e. The first kappa shape index (κ1) is 18.1. The van der Waals surface area contributed by atoms with Crippen molar-refractivity contribution in [2.24, 2.45) is 0 Å². The fraction of sp³-hybridized carbons (Fsp3) is 0.294. The molecule has 0 radical (unpaired) electrons. The highest BCUT2D eigenvalue weighted by molar-refractivity contribution is 7.71. The average Bonchev–Trinajstić information content (AvgIpc) is 2.98. The van der Waals surface area contributed by atoms with Crippen LogP contribution >= 0.6 is 12.2 Å². The number of fused-ring (bicyclic) bond motifs is 1. The van der Waals surface area contributed by atoms with Gasteiger partial charge in [0.05, 0.1) is 16.8 Å². The third-order valence-corrected chi connectivity index (χ3v) is 4.39. The van der Waals surface area contributed by atoms with E-state index in [0.29, 0.717) is 23.5 Å². The highest BCUT2D eigenvalue weighted by atomic mass is 32.1. The largest absolute Gasteiger partial charge is 0.299 e. The van der Waals surface area contributed by atoms with E-state index in [2.05, 4.69) is 21.6 Å². The van der Waals surface area contributed by atoms with Crippen LogP contribution in [-0.2, 0) is 13.1 Å². The molecule has 0 spiro atoms. The van der Waals surface area contributed by atoms with Crippen molar-refractivity contribution < 1.29 is 8.78 Å². The Morgan fingerprint density at radius 1 is 1.46 bits per heavy atom. The first-order chi connectivity index (χ1) is 12.4. The van der Waals surface area contributed by atoms with Crippen LogP contribution in [0.3, 0.4) is 0 Å². The van der Waals surface area contributed by atoms with E-state index >= 15 is 0 Å². The van der Waals surface area contributed by atoms with E-state index in [1.54, 1.807) is 23.9 Å². The summed E-state index contributed by atoms with van der Waals surface area (Å²) in [5.74, 6) is 0. The number of aromatic nitrogens is 5.